The average molecular weight is 406 g/mol. The first-order chi connectivity index (χ1) is 13.7. The highest BCUT2D eigenvalue weighted by Gasteiger charge is 2.37. The number of carbonyl (C=O) groups excluding carboxylic acids is 1. The molecule has 0 bridgehead atoms. The van der Waals surface area contributed by atoms with Gasteiger partial charge in [-0.1, -0.05) is 11.6 Å². The minimum absolute atomic E-state index is 0.0945. The van der Waals surface area contributed by atoms with Gasteiger partial charge >= 0.3 is 0 Å². The topological polar surface area (TPSA) is 55.7 Å². The molecule has 152 valence electrons. The van der Waals surface area contributed by atoms with E-state index in [1.54, 1.807) is 7.11 Å². The molecule has 1 N–H and O–H groups in total. The van der Waals surface area contributed by atoms with Gasteiger partial charge < -0.3 is 24.3 Å². The van der Waals surface area contributed by atoms with Crippen molar-refractivity contribution in [3.63, 3.8) is 0 Å². The number of benzene rings is 1. The summed E-state index contributed by atoms with van der Waals surface area (Å²) in [7, 11) is 1.72. The van der Waals surface area contributed by atoms with Gasteiger partial charge in [0.15, 0.2) is 0 Å². The molecule has 6 nitrogen and oxygen atoms in total. The zero-order valence-electron chi connectivity index (χ0n) is 16.3. The number of aromatic nitrogens is 1. The van der Waals surface area contributed by atoms with Crippen LogP contribution in [0.3, 0.4) is 0 Å². The molecule has 2 aromatic rings. The fourth-order valence-electron chi connectivity index (χ4n) is 3.90. The maximum absolute atomic E-state index is 13.1. The Morgan fingerprint density at radius 3 is 3.00 bits per heavy atom. The van der Waals surface area contributed by atoms with Crippen molar-refractivity contribution in [1.29, 1.82) is 0 Å². The summed E-state index contributed by atoms with van der Waals surface area (Å²) < 4.78 is 13.2. The molecule has 2 fully saturated rings. The fraction of sp³-hybridized carbons (Fsp3) is 0.571. The first-order valence-electron chi connectivity index (χ1n) is 10.1. The van der Waals surface area contributed by atoms with E-state index in [0.717, 1.165) is 55.4 Å². The van der Waals surface area contributed by atoms with E-state index in [2.05, 4.69) is 22.1 Å². The van der Waals surface area contributed by atoms with E-state index in [0.29, 0.717) is 30.8 Å². The number of fused-ring (bicyclic) bond motifs is 1. The summed E-state index contributed by atoms with van der Waals surface area (Å²) in [6.45, 7) is 4.18. The lowest BCUT2D eigenvalue weighted by Crippen LogP contribution is -2.49. The lowest BCUT2D eigenvalue weighted by atomic mass is 10.1. The second-order valence-corrected chi connectivity index (χ2v) is 8.05. The number of nitrogens with zero attached hydrogens (tertiary/aromatic N) is 2. The molecule has 28 heavy (non-hydrogen) atoms. The Kier molecular flexibility index (Phi) is 6.21. The van der Waals surface area contributed by atoms with Crippen LogP contribution in [0.1, 0.15) is 24.8 Å². The zero-order chi connectivity index (χ0) is 19.5. The molecule has 1 aromatic carbocycles. The Morgan fingerprint density at radius 2 is 2.29 bits per heavy atom. The highest BCUT2D eigenvalue weighted by Crippen LogP contribution is 2.32. The Balaban J connectivity index is 1.59. The number of hydrogen-bond donors (Lipinski definition) is 1. The summed E-state index contributed by atoms with van der Waals surface area (Å²) >= 11 is 6.28. The van der Waals surface area contributed by atoms with E-state index in [1.807, 2.05) is 17.0 Å². The summed E-state index contributed by atoms with van der Waals surface area (Å²) in [5.74, 6) is 0.0945. The maximum Gasteiger partial charge on any atom is 0.253 e. The number of amides is 1. The molecule has 1 saturated carbocycles. The molecule has 4 rings (SSSR count). The van der Waals surface area contributed by atoms with Crippen LogP contribution >= 0.6 is 11.6 Å². The molecule has 1 atom stereocenters. The van der Waals surface area contributed by atoms with E-state index in [-0.39, 0.29) is 12.0 Å². The van der Waals surface area contributed by atoms with Crippen molar-refractivity contribution in [2.45, 2.75) is 44.5 Å². The monoisotopic (exact) mass is 405 g/mol. The number of hydrogen-bond acceptors (Lipinski definition) is 4. The molecule has 1 saturated heterocycles. The van der Waals surface area contributed by atoms with Crippen LogP contribution in [0.15, 0.2) is 24.4 Å². The molecular formula is C21H28ClN3O3. The predicted octanol–water partition coefficient (Wildman–Crippen LogP) is 2.81. The van der Waals surface area contributed by atoms with Gasteiger partial charge in [0.1, 0.15) is 6.10 Å². The Morgan fingerprint density at radius 1 is 1.43 bits per heavy atom. The van der Waals surface area contributed by atoms with Crippen molar-refractivity contribution in [3.05, 3.63) is 35.0 Å². The van der Waals surface area contributed by atoms with Crippen LogP contribution in [0.25, 0.3) is 10.9 Å². The van der Waals surface area contributed by atoms with Crippen LogP contribution in [0.2, 0.25) is 5.02 Å². The van der Waals surface area contributed by atoms with Crippen molar-refractivity contribution in [3.8, 4) is 0 Å². The summed E-state index contributed by atoms with van der Waals surface area (Å²) in [5, 5.41) is 5.09. The quantitative estimate of drug-likeness (QED) is 0.686. The van der Waals surface area contributed by atoms with Crippen molar-refractivity contribution in [2.24, 2.45) is 0 Å². The standard InChI is InChI=1S/C21H28ClN3O3/c1-27-9-2-8-24-13-15(18-11-16(22)3-6-19(18)24)14-25(17-4-5-17)21(26)20-12-23-7-10-28-20/h3,6,11,13,17,20,23H,2,4-5,7-10,12,14H2,1H3/t20-/m1/s1. The Labute approximate surface area is 170 Å². The van der Waals surface area contributed by atoms with E-state index in [9.17, 15) is 4.79 Å². The van der Waals surface area contributed by atoms with Gasteiger partial charge in [-0.3, -0.25) is 4.79 Å². The van der Waals surface area contributed by atoms with Crippen LogP contribution < -0.4 is 5.32 Å². The molecule has 0 unspecified atom stereocenters. The molecule has 0 spiro atoms. The lowest BCUT2D eigenvalue weighted by Gasteiger charge is -2.30. The summed E-state index contributed by atoms with van der Waals surface area (Å²) in [6, 6.07) is 6.31. The second kappa shape index (κ2) is 8.82. The maximum atomic E-state index is 13.1. The first kappa shape index (κ1) is 19.7. The number of aryl methyl sites for hydroxylation is 1. The number of halogens is 1. The van der Waals surface area contributed by atoms with Crippen molar-refractivity contribution < 1.29 is 14.3 Å². The molecule has 1 aliphatic heterocycles. The molecule has 7 heteroatoms. The highest BCUT2D eigenvalue weighted by molar-refractivity contribution is 6.31. The SMILES string of the molecule is COCCCn1cc(CN(C(=O)[C@H]2CNCCO2)C2CC2)c2cc(Cl)ccc21. The van der Waals surface area contributed by atoms with E-state index < -0.39 is 0 Å². The molecule has 0 radical (unpaired) electrons. The molecule has 1 aromatic heterocycles. The third-order valence-electron chi connectivity index (χ3n) is 5.49. The molecule has 1 aliphatic carbocycles. The smallest absolute Gasteiger partial charge is 0.253 e. The van der Waals surface area contributed by atoms with E-state index in [1.165, 1.54) is 0 Å². The molecule has 2 aliphatic rings. The molecular weight excluding hydrogens is 378 g/mol. The minimum atomic E-state index is -0.381. The van der Waals surface area contributed by atoms with Crippen molar-refractivity contribution in [1.82, 2.24) is 14.8 Å². The number of ether oxygens (including phenoxy) is 2. The van der Waals surface area contributed by atoms with Crippen LogP contribution in [0, 0.1) is 0 Å². The number of morpholine rings is 1. The highest BCUT2D eigenvalue weighted by atomic mass is 35.5. The van der Waals surface area contributed by atoms with E-state index in [4.69, 9.17) is 21.1 Å². The number of carbonyl (C=O) groups is 1. The average Bonchev–Trinajstić information content (AvgIpc) is 3.50. The first-order valence-corrected chi connectivity index (χ1v) is 10.4. The van der Waals surface area contributed by atoms with Gasteiger partial charge in [0, 0.05) is 68.1 Å². The van der Waals surface area contributed by atoms with Crippen LogP contribution in [0.4, 0.5) is 0 Å². The minimum Gasteiger partial charge on any atom is -0.385 e. The Bertz CT molecular complexity index is 828. The number of nitrogens with one attached hydrogen (secondary N) is 1. The van der Waals surface area contributed by atoms with Gasteiger partial charge in [-0.15, -0.1) is 0 Å². The third kappa shape index (κ3) is 4.35. The van der Waals surface area contributed by atoms with Crippen molar-refractivity contribution in [2.75, 3.05) is 33.4 Å². The molecule has 1 amide bonds. The number of methoxy groups -OCH3 is 1. The second-order valence-electron chi connectivity index (χ2n) is 7.62. The van der Waals surface area contributed by atoms with Gasteiger partial charge in [0.05, 0.1) is 6.61 Å². The lowest BCUT2D eigenvalue weighted by molar-refractivity contribution is -0.146. The number of rotatable bonds is 8. The molecule has 2 heterocycles. The van der Waals surface area contributed by atoms with Gasteiger partial charge in [-0.2, -0.15) is 0 Å². The fourth-order valence-corrected chi connectivity index (χ4v) is 4.07. The van der Waals surface area contributed by atoms with E-state index >= 15 is 0 Å². The van der Waals surface area contributed by atoms with Crippen LogP contribution in [-0.4, -0.2) is 60.9 Å². The largest absolute Gasteiger partial charge is 0.385 e. The summed E-state index contributed by atoms with van der Waals surface area (Å²) in [4.78, 5) is 15.1. The van der Waals surface area contributed by atoms with Crippen LogP contribution in [0.5, 0.6) is 0 Å². The van der Waals surface area contributed by atoms with Gasteiger partial charge in [-0.25, -0.2) is 0 Å². The zero-order valence-corrected chi connectivity index (χ0v) is 17.1. The third-order valence-corrected chi connectivity index (χ3v) is 5.72. The summed E-state index contributed by atoms with van der Waals surface area (Å²) in [5.41, 5.74) is 2.29. The van der Waals surface area contributed by atoms with Crippen LogP contribution in [-0.2, 0) is 27.4 Å². The normalized spacial score (nSPS) is 19.9. The Hall–Kier alpha value is -1.60. The van der Waals surface area contributed by atoms with Crippen molar-refractivity contribution >= 4 is 28.4 Å². The predicted molar refractivity (Wildman–Crippen MR) is 110 cm³/mol. The van der Waals surface area contributed by atoms with Gasteiger partial charge in [-0.05, 0) is 43.0 Å². The summed E-state index contributed by atoms with van der Waals surface area (Å²) in [6.07, 6.45) is 4.86. The van der Waals surface area contributed by atoms with Gasteiger partial charge in [0.25, 0.3) is 5.91 Å². The van der Waals surface area contributed by atoms with Gasteiger partial charge in [0.2, 0.25) is 0 Å².